The van der Waals surface area contributed by atoms with Crippen molar-refractivity contribution in [3.63, 3.8) is 0 Å². The molecule has 0 amide bonds. The fraction of sp³-hybridized carbons (Fsp3) is 0.286. The van der Waals surface area contributed by atoms with E-state index in [1.54, 1.807) is 24.5 Å². The number of hydrogen-bond acceptors (Lipinski definition) is 3. The Labute approximate surface area is 102 Å². The number of allylic oxidation sites excluding steroid dienone is 1. The summed E-state index contributed by atoms with van der Waals surface area (Å²) in [6, 6.07) is 9.28. The van der Waals surface area contributed by atoms with Crippen LogP contribution in [0.4, 0.5) is 5.69 Å². The van der Waals surface area contributed by atoms with E-state index < -0.39 is 0 Å². The summed E-state index contributed by atoms with van der Waals surface area (Å²) in [5, 5.41) is 8.77. The van der Waals surface area contributed by atoms with E-state index in [2.05, 4.69) is 24.9 Å². The standard InChI is InChI=1S/C14H17N3/c1-11(2)6-13(9-16)10-17-14-5-3-4-12(7-14)8-15/h3-5,7,9-11H,6,16H2,1-2H3/b13-9-,17-10?. The van der Waals surface area contributed by atoms with Gasteiger partial charge >= 0.3 is 0 Å². The van der Waals surface area contributed by atoms with Crippen LogP contribution in [0.15, 0.2) is 41.0 Å². The van der Waals surface area contributed by atoms with Crippen LogP contribution in [0.25, 0.3) is 0 Å². The minimum atomic E-state index is 0.543. The molecule has 0 saturated heterocycles. The van der Waals surface area contributed by atoms with Crippen LogP contribution in [0.2, 0.25) is 0 Å². The molecule has 0 fully saturated rings. The van der Waals surface area contributed by atoms with Crippen LogP contribution in [0, 0.1) is 17.2 Å². The van der Waals surface area contributed by atoms with Gasteiger partial charge in [-0.2, -0.15) is 5.26 Å². The lowest BCUT2D eigenvalue weighted by Gasteiger charge is -2.03. The van der Waals surface area contributed by atoms with Gasteiger partial charge in [-0.25, -0.2) is 0 Å². The van der Waals surface area contributed by atoms with Crippen molar-refractivity contribution in [1.82, 2.24) is 0 Å². The van der Waals surface area contributed by atoms with E-state index in [0.717, 1.165) is 17.7 Å². The van der Waals surface area contributed by atoms with Crippen LogP contribution in [0.5, 0.6) is 0 Å². The van der Waals surface area contributed by atoms with Crippen LogP contribution >= 0.6 is 0 Å². The zero-order valence-corrected chi connectivity index (χ0v) is 10.2. The summed E-state index contributed by atoms with van der Waals surface area (Å²) in [6.45, 7) is 4.27. The van der Waals surface area contributed by atoms with Crippen molar-refractivity contribution in [2.75, 3.05) is 0 Å². The maximum atomic E-state index is 8.77. The molecular formula is C14H17N3. The van der Waals surface area contributed by atoms with Crippen molar-refractivity contribution in [1.29, 1.82) is 5.26 Å². The fourth-order valence-electron chi connectivity index (χ4n) is 1.45. The Morgan fingerprint density at radius 3 is 2.88 bits per heavy atom. The van der Waals surface area contributed by atoms with Crippen LogP contribution < -0.4 is 5.73 Å². The fourth-order valence-corrected chi connectivity index (χ4v) is 1.45. The first-order chi connectivity index (χ1) is 8.15. The summed E-state index contributed by atoms with van der Waals surface area (Å²) >= 11 is 0. The van der Waals surface area contributed by atoms with Crippen molar-refractivity contribution >= 4 is 11.9 Å². The number of aliphatic imine (C=N–C) groups is 1. The van der Waals surface area contributed by atoms with Gasteiger partial charge in [-0.1, -0.05) is 19.9 Å². The van der Waals surface area contributed by atoms with Crippen LogP contribution in [-0.2, 0) is 0 Å². The highest BCUT2D eigenvalue weighted by Gasteiger charge is 1.98. The van der Waals surface area contributed by atoms with Gasteiger partial charge in [-0.05, 0) is 42.3 Å². The van der Waals surface area contributed by atoms with E-state index in [0.29, 0.717) is 11.5 Å². The lowest BCUT2D eigenvalue weighted by atomic mass is 10.1. The maximum Gasteiger partial charge on any atom is 0.0992 e. The molecule has 0 heterocycles. The molecule has 1 rings (SSSR count). The number of nitriles is 1. The Hall–Kier alpha value is -2.08. The first kappa shape index (κ1) is 13.0. The minimum Gasteiger partial charge on any atom is -0.404 e. The van der Waals surface area contributed by atoms with E-state index in [9.17, 15) is 0 Å². The molecule has 0 spiro atoms. The predicted octanol–water partition coefficient (Wildman–Crippen LogP) is 3.15. The van der Waals surface area contributed by atoms with Gasteiger partial charge in [0.2, 0.25) is 0 Å². The number of nitrogens with two attached hydrogens (primary N) is 1. The maximum absolute atomic E-state index is 8.77. The molecule has 0 radical (unpaired) electrons. The van der Waals surface area contributed by atoms with Crippen molar-refractivity contribution in [2.24, 2.45) is 16.6 Å². The number of benzene rings is 1. The highest BCUT2D eigenvalue weighted by molar-refractivity contribution is 5.80. The second-order valence-electron chi connectivity index (χ2n) is 4.26. The summed E-state index contributed by atoms with van der Waals surface area (Å²) in [5.41, 5.74) is 7.92. The van der Waals surface area contributed by atoms with Crippen LogP contribution in [0.3, 0.4) is 0 Å². The molecule has 1 aromatic carbocycles. The van der Waals surface area contributed by atoms with Gasteiger partial charge in [-0.15, -0.1) is 0 Å². The summed E-state index contributed by atoms with van der Waals surface area (Å²) in [4.78, 5) is 4.31. The van der Waals surface area contributed by atoms with Crippen LogP contribution in [-0.4, -0.2) is 6.21 Å². The van der Waals surface area contributed by atoms with Gasteiger partial charge < -0.3 is 5.73 Å². The van der Waals surface area contributed by atoms with E-state index >= 15 is 0 Å². The van der Waals surface area contributed by atoms with E-state index in [1.165, 1.54) is 0 Å². The average molecular weight is 227 g/mol. The minimum absolute atomic E-state index is 0.543. The molecule has 0 bridgehead atoms. The number of hydrogen-bond donors (Lipinski definition) is 1. The number of nitrogens with zero attached hydrogens (tertiary/aromatic N) is 2. The van der Waals surface area contributed by atoms with Gasteiger partial charge in [-0.3, -0.25) is 4.99 Å². The normalized spacial score (nSPS) is 12.0. The molecule has 0 unspecified atom stereocenters. The molecule has 3 heteroatoms. The highest BCUT2D eigenvalue weighted by atomic mass is 14.7. The molecule has 1 aromatic rings. The summed E-state index contributed by atoms with van der Waals surface area (Å²) in [5.74, 6) is 0.543. The zero-order chi connectivity index (χ0) is 12.7. The van der Waals surface area contributed by atoms with Gasteiger partial charge in [0.15, 0.2) is 0 Å². The molecular weight excluding hydrogens is 210 g/mol. The molecule has 0 saturated carbocycles. The average Bonchev–Trinajstić information content (AvgIpc) is 2.34. The van der Waals surface area contributed by atoms with Crippen LogP contribution in [0.1, 0.15) is 25.8 Å². The molecule has 88 valence electrons. The van der Waals surface area contributed by atoms with Gasteiger partial charge in [0.25, 0.3) is 0 Å². The topological polar surface area (TPSA) is 62.2 Å². The Morgan fingerprint density at radius 2 is 2.29 bits per heavy atom. The van der Waals surface area contributed by atoms with E-state index in [-0.39, 0.29) is 0 Å². The molecule has 2 N–H and O–H groups in total. The Balaban J connectivity index is 2.79. The second kappa shape index (κ2) is 6.49. The van der Waals surface area contributed by atoms with Gasteiger partial charge in [0, 0.05) is 6.21 Å². The first-order valence-electron chi connectivity index (χ1n) is 5.60. The molecule has 3 nitrogen and oxygen atoms in total. The third-order valence-electron chi connectivity index (χ3n) is 2.21. The molecule has 17 heavy (non-hydrogen) atoms. The Bertz CT molecular complexity index is 465. The molecule has 0 atom stereocenters. The van der Waals surface area contributed by atoms with E-state index in [4.69, 9.17) is 11.0 Å². The van der Waals surface area contributed by atoms with Crippen molar-refractivity contribution < 1.29 is 0 Å². The molecule has 0 aliphatic rings. The van der Waals surface area contributed by atoms with Crippen molar-refractivity contribution in [3.8, 4) is 6.07 Å². The SMILES string of the molecule is CC(C)C/C(C=Nc1cccc(C#N)c1)=C/N. The zero-order valence-electron chi connectivity index (χ0n) is 10.2. The van der Waals surface area contributed by atoms with E-state index in [1.807, 2.05) is 12.1 Å². The lowest BCUT2D eigenvalue weighted by molar-refractivity contribution is 0.654. The quantitative estimate of drug-likeness (QED) is 0.803. The Morgan fingerprint density at radius 1 is 1.53 bits per heavy atom. The largest absolute Gasteiger partial charge is 0.404 e. The molecule has 0 aliphatic carbocycles. The Kier molecular flexibility index (Phi) is 4.96. The summed E-state index contributed by atoms with van der Waals surface area (Å²) < 4.78 is 0. The van der Waals surface area contributed by atoms with Gasteiger partial charge in [0.1, 0.15) is 0 Å². The summed E-state index contributed by atoms with van der Waals surface area (Å²) in [7, 11) is 0. The number of rotatable bonds is 4. The monoisotopic (exact) mass is 227 g/mol. The molecule has 0 aromatic heterocycles. The third kappa shape index (κ3) is 4.52. The van der Waals surface area contributed by atoms with Gasteiger partial charge in [0.05, 0.1) is 17.3 Å². The molecule has 0 aliphatic heterocycles. The first-order valence-corrected chi connectivity index (χ1v) is 5.60. The third-order valence-corrected chi connectivity index (χ3v) is 2.21. The van der Waals surface area contributed by atoms with Crippen molar-refractivity contribution in [2.45, 2.75) is 20.3 Å². The summed E-state index contributed by atoms with van der Waals surface area (Å²) in [6.07, 6.45) is 4.24. The lowest BCUT2D eigenvalue weighted by Crippen LogP contribution is -1.96. The smallest absolute Gasteiger partial charge is 0.0992 e. The predicted molar refractivity (Wildman–Crippen MR) is 71.0 cm³/mol. The van der Waals surface area contributed by atoms with Crippen molar-refractivity contribution in [3.05, 3.63) is 41.6 Å². The highest BCUT2D eigenvalue weighted by Crippen LogP contribution is 2.14. The second-order valence-corrected chi connectivity index (χ2v) is 4.26.